The molecular formula is C23H29N5O2S. The summed E-state index contributed by atoms with van der Waals surface area (Å²) in [6.45, 7) is 4.40. The average Bonchev–Trinajstić information content (AvgIpc) is 3.25. The number of anilines is 1. The van der Waals surface area contributed by atoms with Crippen LogP contribution in [-0.2, 0) is 6.54 Å². The van der Waals surface area contributed by atoms with Crippen molar-refractivity contribution < 1.29 is 4.74 Å². The summed E-state index contributed by atoms with van der Waals surface area (Å²) in [6, 6.07) is 9.82. The number of hydrogen-bond acceptors (Lipinski definition) is 7. The third kappa shape index (κ3) is 4.32. The molecule has 1 aromatic carbocycles. The fourth-order valence-electron chi connectivity index (χ4n) is 4.73. The van der Waals surface area contributed by atoms with Crippen molar-refractivity contribution in [1.82, 2.24) is 19.5 Å². The summed E-state index contributed by atoms with van der Waals surface area (Å²) >= 11 is 1.60. The van der Waals surface area contributed by atoms with Gasteiger partial charge in [-0.15, -0.1) is 0 Å². The highest BCUT2D eigenvalue weighted by atomic mass is 32.1. The van der Waals surface area contributed by atoms with Crippen molar-refractivity contribution in [2.45, 2.75) is 44.6 Å². The van der Waals surface area contributed by atoms with Gasteiger partial charge in [0.1, 0.15) is 10.8 Å². The molecule has 0 radical (unpaired) electrons. The Bertz CT molecular complexity index is 1100. The van der Waals surface area contributed by atoms with Crippen LogP contribution in [0, 0.1) is 0 Å². The molecule has 1 saturated heterocycles. The molecule has 0 atom stereocenters. The van der Waals surface area contributed by atoms with E-state index in [2.05, 4.69) is 21.0 Å². The van der Waals surface area contributed by atoms with Crippen LogP contribution >= 0.6 is 11.3 Å². The minimum Gasteiger partial charge on any atom is -0.495 e. The topological polar surface area (TPSA) is 63.0 Å². The molecule has 0 amide bonds. The summed E-state index contributed by atoms with van der Waals surface area (Å²) in [5.74, 6) is 1.40. The van der Waals surface area contributed by atoms with Crippen molar-refractivity contribution in [1.29, 1.82) is 0 Å². The van der Waals surface area contributed by atoms with Gasteiger partial charge in [-0.3, -0.25) is 9.69 Å². The number of methoxy groups -OCH3 is 1. The second-order valence-corrected chi connectivity index (χ2v) is 9.48. The van der Waals surface area contributed by atoms with Crippen LogP contribution in [0.1, 0.15) is 48.7 Å². The van der Waals surface area contributed by atoms with Gasteiger partial charge < -0.3 is 9.64 Å². The molecule has 3 aromatic rings. The Morgan fingerprint density at radius 1 is 1.10 bits per heavy atom. The summed E-state index contributed by atoms with van der Waals surface area (Å²) in [6.07, 6.45) is 6.19. The highest BCUT2D eigenvalue weighted by Crippen LogP contribution is 2.34. The van der Waals surface area contributed by atoms with Crippen LogP contribution in [0.2, 0.25) is 0 Å². The number of ether oxygens (including phenoxy) is 1. The molecular weight excluding hydrogens is 410 g/mol. The number of rotatable bonds is 5. The summed E-state index contributed by atoms with van der Waals surface area (Å²) in [5.41, 5.74) is 1.92. The highest BCUT2D eigenvalue weighted by molar-refractivity contribution is 7.16. The molecule has 31 heavy (non-hydrogen) atoms. The van der Waals surface area contributed by atoms with Crippen LogP contribution in [0.3, 0.4) is 0 Å². The van der Waals surface area contributed by atoms with Gasteiger partial charge in [0.05, 0.1) is 18.5 Å². The monoisotopic (exact) mass is 439 g/mol. The number of benzene rings is 1. The minimum absolute atomic E-state index is 0.0639. The lowest BCUT2D eigenvalue weighted by Crippen LogP contribution is -2.46. The smallest absolute Gasteiger partial charge is 0.275 e. The van der Waals surface area contributed by atoms with Crippen molar-refractivity contribution in [2.24, 2.45) is 0 Å². The van der Waals surface area contributed by atoms with Gasteiger partial charge in [0.15, 0.2) is 0 Å². The quantitative estimate of drug-likeness (QED) is 0.606. The van der Waals surface area contributed by atoms with Gasteiger partial charge >= 0.3 is 0 Å². The zero-order valence-corrected chi connectivity index (χ0v) is 18.8. The minimum atomic E-state index is -0.0639. The number of fused-ring (bicyclic) bond motifs is 1. The van der Waals surface area contributed by atoms with Crippen molar-refractivity contribution in [3.05, 3.63) is 51.4 Å². The van der Waals surface area contributed by atoms with E-state index in [1.807, 2.05) is 18.2 Å². The van der Waals surface area contributed by atoms with Gasteiger partial charge in [-0.05, 0) is 25.0 Å². The van der Waals surface area contributed by atoms with E-state index in [9.17, 15) is 4.79 Å². The van der Waals surface area contributed by atoms with E-state index in [-0.39, 0.29) is 5.56 Å². The third-order valence-electron chi connectivity index (χ3n) is 6.45. The van der Waals surface area contributed by atoms with Crippen molar-refractivity contribution >= 4 is 22.0 Å². The molecule has 7 nitrogen and oxygen atoms in total. The van der Waals surface area contributed by atoms with Crippen LogP contribution in [-0.4, -0.2) is 52.8 Å². The van der Waals surface area contributed by atoms with E-state index in [1.165, 1.54) is 36.6 Å². The third-order valence-corrected chi connectivity index (χ3v) is 7.52. The van der Waals surface area contributed by atoms with Gasteiger partial charge in [-0.25, -0.2) is 4.98 Å². The Morgan fingerprint density at radius 3 is 2.65 bits per heavy atom. The summed E-state index contributed by atoms with van der Waals surface area (Å²) in [4.78, 5) is 22.9. The maximum atomic E-state index is 12.7. The zero-order valence-electron chi connectivity index (χ0n) is 18.0. The molecule has 2 fully saturated rings. The van der Waals surface area contributed by atoms with Gasteiger partial charge in [0.2, 0.25) is 4.96 Å². The SMILES string of the molecule is COc1ccccc1N1CCN(Cc2cc(=O)n3nc(C4CCCCC4)sc3n2)CC1. The molecule has 3 heterocycles. The highest BCUT2D eigenvalue weighted by Gasteiger charge is 2.22. The normalized spacial score (nSPS) is 18.5. The first-order valence-corrected chi connectivity index (χ1v) is 12.0. The van der Waals surface area contributed by atoms with Gasteiger partial charge in [0, 0.05) is 44.7 Å². The lowest BCUT2D eigenvalue weighted by atomic mass is 9.90. The number of piperazine rings is 1. The maximum absolute atomic E-state index is 12.7. The Morgan fingerprint density at radius 2 is 1.87 bits per heavy atom. The van der Waals surface area contributed by atoms with Crippen LogP contribution in [0.15, 0.2) is 35.1 Å². The van der Waals surface area contributed by atoms with E-state index in [4.69, 9.17) is 9.72 Å². The molecule has 0 unspecified atom stereocenters. The van der Waals surface area contributed by atoms with Gasteiger partial charge in [-0.2, -0.15) is 9.61 Å². The molecule has 8 heteroatoms. The van der Waals surface area contributed by atoms with E-state index in [1.54, 1.807) is 24.5 Å². The van der Waals surface area contributed by atoms with Gasteiger partial charge in [0.25, 0.3) is 5.56 Å². The molecule has 0 spiro atoms. The standard InChI is InChI=1S/C23H29N5O2S/c1-30-20-10-6-5-9-19(20)27-13-11-26(12-14-27)16-18-15-21(29)28-23(24-18)31-22(25-28)17-7-3-2-4-8-17/h5-6,9-10,15,17H,2-4,7-8,11-14,16H2,1H3. The molecule has 1 aliphatic carbocycles. The first kappa shape index (κ1) is 20.5. The molecule has 0 bridgehead atoms. The van der Waals surface area contributed by atoms with Crippen LogP contribution < -0.4 is 15.2 Å². The first-order chi connectivity index (χ1) is 15.2. The predicted octanol–water partition coefficient (Wildman–Crippen LogP) is 3.53. The number of nitrogens with zero attached hydrogens (tertiary/aromatic N) is 5. The lowest BCUT2D eigenvalue weighted by molar-refractivity contribution is 0.246. The van der Waals surface area contributed by atoms with E-state index >= 15 is 0 Å². The van der Waals surface area contributed by atoms with E-state index in [0.29, 0.717) is 12.5 Å². The predicted molar refractivity (Wildman–Crippen MR) is 123 cm³/mol. The fraction of sp³-hybridized carbons (Fsp3) is 0.522. The van der Waals surface area contributed by atoms with Crippen LogP contribution in [0.5, 0.6) is 5.75 Å². The van der Waals surface area contributed by atoms with E-state index in [0.717, 1.165) is 53.3 Å². The Balaban J connectivity index is 1.27. The van der Waals surface area contributed by atoms with Gasteiger partial charge in [-0.1, -0.05) is 42.7 Å². The molecule has 0 N–H and O–H groups in total. The zero-order chi connectivity index (χ0) is 21.2. The van der Waals surface area contributed by atoms with Crippen molar-refractivity contribution in [3.8, 4) is 5.75 Å². The summed E-state index contributed by atoms with van der Waals surface area (Å²) in [7, 11) is 1.72. The molecule has 164 valence electrons. The largest absolute Gasteiger partial charge is 0.495 e. The fourth-order valence-corrected chi connectivity index (χ4v) is 5.83. The second-order valence-electron chi connectivity index (χ2n) is 8.49. The number of hydrogen-bond donors (Lipinski definition) is 0. The molecule has 2 aromatic heterocycles. The Kier molecular flexibility index (Phi) is 5.91. The maximum Gasteiger partial charge on any atom is 0.275 e. The Hall–Kier alpha value is -2.45. The first-order valence-electron chi connectivity index (χ1n) is 11.2. The van der Waals surface area contributed by atoms with Crippen LogP contribution in [0.4, 0.5) is 5.69 Å². The molecule has 1 saturated carbocycles. The van der Waals surface area contributed by atoms with E-state index < -0.39 is 0 Å². The molecule has 1 aliphatic heterocycles. The molecule has 5 rings (SSSR count). The Labute approximate surface area is 186 Å². The summed E-state index contributed by atoms with van der Waals surface area (Å²) < 4.78 is 7.01. The van der Waals surface area contributed by atoms with Crippen LogP contribution in [0.25, 0.3) is 4.96 Å². The summed E-state index contributed by atoms with van der Waals surface area (Å²) in [5, 5.41) is 5.69. The second kappa shape index (κ2) is 8.96. The number of para-hydroxylation sites is 2. The van der Waals surface area contributed by atoms with Crippen molar-refractivity contribution in [2.75, 3.05) is 38.2 Å². The number of aromatic nitrogens is 3. The lowest BCUT2D eigenvalue weighted by Gasteiger charge is -2.36. The molecule has 2 aliphatic rings. The average molecular weight is 440 g/mol. The van der Waals surface area contributed by atoms with Crippen molar-refractivity contribution in [3.63, 3.8) is 0 Å².